The van der Waals surface area contributed by atoms with Gasteiger partial charge >= 0.3 is 0 Å². The molecule has 0 radical (unpaired) electrons. The van der Waals surface area contributed by atoms with E-state index in [0.29, 0.717) is 6.54 Å². The Kier molecular flexibility index (Phi) is 3.97. The Morgan fingerprint density at radius 1 is 1.76 bits per heavy atom. The molecule has 2 rings (SSSR count). The minimum atomic E-state index is 0.176. The zero-order valence-corrected chi connectivity index (χ0v) is 10.9. The van der Waals surface area contributed by atoms with Gasteiger partial charge in [-0.25, -0.2) is 0 Å². The lowest BCUT2D eigenvalue weighted by molar-refractivity contribution is -0.131. The third kappa shape index (κ3) is 2.96. The summed E-state index contributed by atoms with van der Waals surface area (Å²) in [7, 11) is 0. The molecule has 1 atom stereocenters. The highest BCUT2D eigenvalue weighted by atomic mass is 32.1. The minimum Gasteiger partial charge on any atom is -0.337 e. The summed E-state index contributed by atoms with van der Waals surface area (Å²) < 4.78 is 0. The average molecular weight is 250 g/mol. The molecule has 1 aliphatic rings. The second kappa shape index (κ2) is 5.47. The Hall–Kier alpha value is -1.13. The fourth-order valence-electron chi connectivity index (χ4n) is 1.90. The molecule has 2 heterocycles. The fraction of sp³-hybridized carbons (Fsp3) is 0.462. The maximum atomic E-state index is 12.0. The van der Waals surface area contributed by atoms with E-state index >= 15 is 0 Å². The van der Waals surface area contributed by atoms with Crippen LogP contribution in [0.5, 0.6) is 0 Å². The van der Waals surface area contributed by atoms with Crippen LogP contribution >= 0.6 is 11.3 Å². The lowest BCUT2D eigenvalue weighted by Crippen LogP contribution is -2.42. The van der Waals surface area contributed by atoms with Crippen molar-refractivity contribution in [1.29, 1.82) is 0 Å². The summed E-state index contributed by atoms with van der Waals surface area (Å²) in [5.41, 5.74) is 1.31. The number of thiophene rings is 1. The Bertz CT molecular complexity index is 413. The van der Waals surface area contributed by atoms with Crippen molar-refractivity contribution in [1.82, 2.24) is 10.2 Å². The SMILES string of the molecule is C=CC(C)NCC(=O)N1CCc2sccc2C1. The van der Waals surface area contributed by atoms with Crippen LogP contribution in [0.15, 0.2) is 24.1 Å². The van der Waals surface area contributed by atoms with Gasteiger partial charge in [0.1, 0.15) is 0 Å². The second-order valence-corrected chi connectivity index (χ2v) is 5.34. The number of amides is 1. The standard InChI is InChI=1S/C13H18N2OS/c1-3-10(2)14-8-13(16)15-6-4-12-11(9-15)5-7-17-12/h3,5,7,10,14H,1,4,6,8-9H2,2H3. The van der Waals surface area contributed by atoms with Crippen LogP contribution in [0.3, 0.4) is 0 Å². The Morgan fingerprint density at radius 2 is 2.59 bits per heavy atom. The van der Waals surface area contributed by atoms with Gasteiger partial charge in [-0.05, 0) is 30.4 Å². The fourth-order valence-corrected chi connectivity index (χ4v) is 2.79. The van der Waals surface area contributed by atoms with Gasteiger partial charge in [-0.1, -0.05) is 6.08 Å². The lowest BCUT2D eigenvalue weighted by atomic mass is 10.1. The number of carbonyl (C=O) groups excluding carboxylic acids is 1. The van der Waals surface area contributed by atoms with Gasteiger partial charge in [0, 0.05) is 24.0 Å². The molecule has 1 aromatic heterocycles. The molecule has 1 aromatic rings. The van der Waals surface area contributed by atoms with Gasteiger partial charge in [0.05, 0.1) is 6.54 Å². The van der Waals surface area contributed by atoms with Crippen molar-refractivity contribution in [2.45, 2.75) is 25.9 Å². The molecule has 0 fully saturated rings. The molecule has 0 aliphatic carbocycles. The van der Waals surface area contributed by atoms with Gasteiger partial charge in [0.15, 0.2) is 0 Å². The van der Waals surface area contributed by atoms with E-state index in [-0.39, 0.29) is 11.9 Å². The summed E-state index contributed by atoms with van der Waals surface area (Å²) in [5, 5.41) is 5.25. The van der Waals surface area contributed by atoms with Crippen LogP contribution < -0.4 is 5.32 Å². The number of rotatable bonds is 4. The first kappa shape index (κ1) is 12.3. The Morgan fingerprint density at radius 3 is 3.35 bits per heavy atom. The lowest BCUT2D eigenvalue weighted by Gasteiger charge is -2.27. The van der Waals surface area contributed by atoms with E-state index in [1.165, 1.54) is 10.4 Å². The Balaban J connectivity index is 1.88. The summed E-state index contributed by atoms with van der Waals surface area (Å²) in [6.45, 7) is 7.69. The van der Waals surface area contributed by atoms with E-state index in [4.69, 9.17) is 0 Å². The zero-order valence-electron chi connectivity index (χ0n) is 10.1. The number of hydrogen-bond donors (Lipinski definition) is 1. The highest BCUT2D eigenvalue weighted by molar-refractivity contribution is 7.10. The highest BCUT2D eigenvalue weighted by Crippen LogP contribution is 2.23. The molecule has 1 amide bonds. The summed E-state index contributed by atoms with van der Waals surface area (Å²) in [6.07, 6.45) is 2.80. The molecule has 17 heavy (non-hydrogen) atoms. The number of carbonyl (C=O) groups is 1. The first-order valence-corrected chi connectivity index (χ1v) is 6.77. The topological polar surface area (TPSA) is 32.3 Å². The minimum absolute atomic E-state index is 0.176. The molecule has 0 spiro atoms. The number of nitrogens with zero attached hydrogens (tertiary/aromatic N) is 1. The third-order valence-electron chi connectivity index (χ3n) is 3.09. The monoisotopic (exact) mass is 250 g/mol. The maximum absolute atomic E-state index is 12.0. The van der Waals surface area contributed by atoms with Crippen molar-refractivity contribution in [3.63, 3.8) is 0 Å². The van der Waals surface area contributed by atoms with Gasteiger partial charge in [-0.2, -0.15) is 0 Å². The van der Waals surface area contributed by atoms with Crippen LogP contribution in [0.25, 0.3) is 0 Å². The Labute approximate surface area is 106 Å². The molecule has 0 saturated carbocycles. The van der Waals surface area contributed by atoms with Crippen LogP contribution in [0, 0.1) is 0 Å². The van der Waals surface area contributed by atoms with Crippen LogP contribution in [0.4, 0.5) is 0 Å². The quantitative estimate of drug-likeness (QED) is 0.826. The van der Waals surface area contributed by atoms with Crippen LogP contribution in [0.2, 0.25) is 0 Å². The van der Waals surface area contributed by atoms with Crippen molar-refractivity contribution >= 4 is 17.2 Å². The van der Waals surface area contributed by atoms with E-state index in [0.717, 1.165) is 19.5 Å². The van der Waals surface area contributed by atoms with Crippen molar-refractivity contribution in [2.24, 2.45) is 0 Å². The molecule has 1 N–H and O–H groups in total. The van der Waals surface area contributed by atoms with Gasteiger partial charge < -0.3 is 10.2 Å². The predicted molar refractivity (Wildman–Crippen MR) is 71.1 cm³/mol. The van der Waals surface area contributed by atoms with Crippen molar-refractivity contribution < 1.29 is 4.79 Å². The molecular weight excluding hydrogens is 232 g/mol. The first-order valence-electron chi connectivity index (χ1n) is 5.89. The van der Waals surface area contributed by atoms with E-state index < -0.39 is 0 Å². The molecule has 1 aliphatic heterocycles. The van der Waals surface area contributed by atoms with Gasteiger partial charge in [0.2, 0.25) is 5.91 Å². The van der Waals surface area contributed by atoms with Crippen LogP contribution in [-0.4, -0.2) is 29.9 Å². The molecule has 92 valence electrons. The van der Waals surface area contributed by atoms with Crippen LogP contribution in [0.1, 0.15) is 17.4 Å². The highest BCUT2D eigenvalue weighted by Gasteiger charge is 2.21. The molecule has 0 aromatic carbocycles. The van der Waals surface area contributed by atoms with Crippen LogP contribution in [-0.2, 0) is 17.8 Å². The van der Waals surface area contributed by atoms with Gasteiger partial charge in [-0.15, -0.1) is 17.9 Å². The summed E-state index contributed by atoms with van der Waals surface area (Å²) >= 11 is 1.79. The summed E-state index contributed by atoms with van der Waals surface area (Å²) in [6, 6.07) is 2.31. The zero-order chi connectivity index (χ0) is 12.3. The summed E-state index contributed by atoms with van der Waals surface area (Å²) in [4.78, 5) is 15.3. The molecule has 4 heteroatoms. The maximum Gasteiger partial charge on any atom is 0.236 e. The smallest absolute Gasteiger partial charge is 0.236 e. The number of hydrogen-bond acceptors (Lipinski definition) is 3. The number of fused-ring (bicyclic) bond motifs is 1. The van der Waals surface area contributed by atoms with E-state index in [9.17, 15) is 4.79 Å². The molecule has 3 nitrogen and oxygen atoms in total. The average Bonchev–Trinajstić information content (AvgIpc) is 2.82. The largest absolute Gasteiger partial charge is 0.337 e. The molecular formula is C13H18N2OS. The van der Waals surface area contributed by atoms with E-state index in [1.54, 1.807) is 17.4 Å². The molecule has 1 unspecified atom stereocenters. The van der Waals surface area contributed by atoms with Gasteiger partial charge in [0.25, 0.3) is 0 Å². The second-order valence-electron chi connectivity index (χ2n) is 4.34. The van der Waals surface area contributed by atoms with Crippen molar-refractivity contribution in [3.8, 4) is 0 Å². The van der Waals surface area contributed by atoms with E-state index in [1.807, 2.05) is 11.8 Å². The van der Waals surface area contributed by atoms with Crippen molar-refractivity contribution in [3.05, 3.63) is 34.5 Å². The summed E-state index contributed by atoms with van der Waals surface area (Å²) in [5.74, 6) is 0.176. The third-order valence-corrected chi connectivity index (χ3v) is 4.11. The molecule has 0 saturated heterocycles. The predicted octanol–water partition coefficient (Wildman–Crippen LogP) is 1.80. The normalized spacial score (nSPS) is 16.4. The first-order chi connectivity index (χ1) is 8.20. The molecule has 0 bridgehead atoms. The van der Waals surface area contributed by atoms with E-state index in [2.05, 4.69) is 23.3 Å². The number of nitrogens with one attached hydrogen (secondary N) is 1. The van der Waals surface area contributed by atoms with Crippen molar-refractivity contribution in [2.75, 3.05) is 13.1 Å². The van der Waals surface area contributed by atoms with Gasteiger partial charge in [-0.3, -0.25) is 4.79 Å².